The number of thiazole rings is 1. The minimum atomic E-state index is -3.47. The number of sulfonamides is 1. The lowest BCUT2D eigenvalue weighted by molar-refractivity contribution is -0.129. The average Bonchev–Trinajstić information content (AvgIpc) is 3.52. The fourth-order valence-electron chi connectivity index (χ4n) is 5.88. The zero-order valence-electron chi connectivity index (χ0n) is 26.4. The van der Waals surface area contributed by atoms with E-state index in [4.69, 9.17) is 9.97 Å². The van der Waals surface area contributed by atoms with Crippen LogP contribution in [0.4, 0.5) is 23.1 Å². The molecule has 0 radical (unpaired) electrons. The second kappa shape index (κ2) is 13.7. The molecule has 2 fully saturated rings. The Hall–Kier alpha value is -4.10. The van der Waals surface area contributed by atoms with Crippen molar-refractivity contribution in [2.75, 3.05) is 41.1 Å². The molecule has 0 bridgehead atoms. The van der Waals surface area contributed by atoms with Gasteiger partial charge in [-0.3, -0.25) is 9.52 Å². The zero-order valence-corrected chi connectivity index (χ0v) is 28.1. The number of carbonyl (C=O) groups excluding carboxylic acids is 1. The zero-order chi connectivity index (χ0) is 32.3. The van der Waals surface area contributed by atoms with Gasteiger partial charge >= 0.3 is 0 Å². The van der Waals surface area contributed by atoms with E-state index in [0.29, 0.717) is 37.6 Å². The van der Waals surface area contributed by atoms with Crippen molar-refractivity contribution in [1.82, 2.24) is 24.8 Å². The molecule has 4 aromatic rings. The lowest BCUT2D eigenvalue weighted by Crippen LogP contribution is -2.48. The maximum absolute atomic E-state index is 13.1. The molecule has 1 aromatic carbocycles. The van der Waals surface area contributed by atoms with E-state index in [1.54, 1.807) is 36.7 Å². The van der Waals surface area contributed by atoms with E-state index in [1.807, 2.05) is 41.3 Å². The van der Waals surface area contributed by atoms with Gasteiger partial charge in [0.1, 0.15) is 5.82 Å². The number of piperazine rings is 1. The van der Waals surface area contributed by atoms with E-state index in [-0.39, 0.29) is 17.1 Å². The third-order valence-electron chi connectivity index (χ3n) is 8.47. The fraction of sp³-hybridized carbons (Fsp3) is 0.424. The van der Waals surface area contributed by atoms with Crippen molar-refractivity contribution in [3.05, 3.63) is 59.9 Å². The summed E-state index contributed by atoms with van der Waals surface area (Å²) in [6.07, 6.45) is 7.87. The molecule has 2 aliphatic rings. The molecule has 0 atom stereocenters. The van der Waals surface area contributed by atoms with Gasteiger partial charge in [-0.25, -0.2) is 28.4 Å². The number of pyridine rings is 1. The van der Waals surface area contributed by atoms with Crippen LogP contribution < -0.4 is 14.9 Å². The van der Waals surface area contributed by atoms with Gasteiger partial charge in [0, 0.05) is 56.5 Å². The van der Waals surface area contributed by atoms with Crippen molar-refractivity contribution < 1.29 is 13.2 Å². The molecule has 6 rings (SSSR count). The van der Waals surface area contributed by atoms with Gasteiger partial charge in [0.05, 0.1) is 38.4 Å². The highest BCUT2D eigenvalue weighted by Crippen LogP contribution is 2.39. The summed E-state index contributed by atoms with van der Waals surface area (Å²) in [5, 5.41) is 3.89. The molecule has 1 aliphatic carbocycles. The van der Waals surface area contributed by atoms with Gasteiger partial charge in [-0.1, -0.05) is 45.2 Å². The minimum Gasteiger partial charge on any atom is -0.353 e. The Morgan fingerprint density at radius 2 is 1.74 bits per heavy atom. The molecule has 3 aromatic heterocycles. The highest BCUT2D eigenvalue weighted by molar-refractivity contribution is 7.93. The van der Waals surface area contributed by atoms with Crippen LogP contribution in [0, 0.1) is 0 Å². The Morgan fingerprint density at radius 3 is 2.43 bits per heavy atom. The smallest absolute Gasteiger partial charge is 0.235 e. The Kier molecular flexibility index (Phi) is 9.50. The molecule has 13 heteroatoms. The van der Waals surface area contributed by atoms with Crippen molar-refractivity contribution >= 4 is 50.4 Å². The monoisotopic (exact) mass is 660 g/mol. The molecule has 242 valence electrons. The van der Waals surface area contributed by atoms with Crippen LogP contribution in [0.2, 0.25) is 0 Å². The van der Waals surface area contributed by atoms with Crippen LogP contribution in [0.15, 0.2) is 54.9 Å². The third-order valence-corrected chi connectivity index (χ3v) is 11.7. The topological polar surface area (TPSA) is 133 Å². The largest absolute Gasteiger partial charge is 0.353 e. The lowest BCUT2D eigenvalue weighted by atomic mass is 10.0. The minimum absolute atomic E-state index is 0.103. The van der Waals surface area contributed by atoms with Crippen LogP contribution in [0.3, 0.4) is 0 Å². The van der Waals surface area contributed by atoms with Crippen LogP contribution in [-0.4, -0.2) is 70.6 Å². The Labute approximate surface area is 274 Å². The van der Waals surface area contributed by atoms with Crippen LogP contribution in [-0.2, 0) is 14.8 Å². The van der Waals surface area contributed by atoms with Crippen molar-refractivity contribution in [2.45, 2.75) is 64.0 Å². The summed E-state index contributed by atoms with van der Waals surface area (Å²) in [5.41, 5.74) is 3.59. The predicted molar refractivity (Wildman–Crippen MR) is 184 cm³/mol. The number of amides is 1. The van der Waals surface area contributed by atoms with Crippen LogP contribution in [0.1, 0.15) is 63.8 Å². The molecule has 2 N–H and O–H groups in total. The van der Waals surface area contributed by atoms with Gasteiger partial charge in [0.15, 0.2) is 0 Å². The lowest BCUT2D eigenvalue weighted by Gasteiger charge is -2.34. The number of hydrogen-bond donors (Lipinski definition) is 2. The number of rotatable bonds is 9. The summed E-state index contributed by atoms with van der Waals surface area (Å²) in [4.78, 5) is 35.5. The van der Waals surface area contributed by atoms with Crippen molar-refractivity contribution in [2.24, 2.45) is 0 Å². The first-order valence-corrected chi connectivity index (χ1v) is 18.2. The number of aromatic nitrogens is 4. The number of nitrogens with zero attached hydrogens (tertiary/aromatic N) is 6. The standard InChI is InChI=1S/C33H40N8O3S2/c1-22(2)32-38-30(24-8-7-9-25(20-24)39-46(43,44)27-10-5-4-6-11-27)31(45-32)28-14-15-34-33(37-28)36-26-12-13-29(35-21-26)41-18-16-40(17-19-41)23(3)42/h7-9,12-15,20-22,27,39H,4-6,10-11,16-19H2,1-3H3,(H,34,36,37). The predicted octanol–water partition coefficient (Wildman–Crippen LogP) is 6.27. The Morgan fingerprint density at radius 1 is 0.957 bits per heavy atom. The maximum atomic E-state index is 13.1. The van der Waals surface area contributed by atoms with Crippen molar-refractivity contribution in [3.8, 4) is 21.8 Å². The van der Waals surface area contributed by atoms with Crippen LogP contribution in [0.25, 0.3) is 21.8 Å². The average molecular weight is 661 g/mol. The highest BCUT2D eigenvalue weighted by atomic mass is 32.2. The first-order chi connectivity index (χ1) is 22.2. The van der Waals surface area contributed by atoms with E-state index in [2.05, 4.69) is 38.8 Å². The second-order valence-electron chi connectivity index (χ2n) is 12.2. The normalized spacial score (nSPS) is 16.1. The Bertz CT molecular complexity index is 1780. The molecule has 11 nitrogen and oxygen atoms in total. The number of anilines is 4. The van der Waals surface area contributed by atoms with E-state index in [0.717, 1.165) is 70.7 Å². The second-order valence-corrected chi connectivity index (χ2v) is 15.2. The van der Waals surface area contributed by atoms with E-state index >= 15 is 0 Å². The van der Waals surface area contributed by atoms with Gasteiger partial charge in [-0.15, -0.1) is 11.3 Å². The van der Waals surface area contributed by atoms with Crippen LogP contribution in [0.5, 0.6) is 0 Å². The maximum Gasteiger partial charge on any atom is 0.235 e. The summed E-state index contributed by atoms with van der Waals surface area (Å²) < 4.78 is 29.1. The van der Waals surface area contributed by atoms with E-state index < -0.39 is 10.0 Å². The molecule has 4 heterocycles. The van der Waals surface area contributed by atoms with Gasteiger partial charge in [-0.05, 0) is 43.2 Å². The van der Waals surface area contributed by atoms with Gasteiger partial charge < -0.3 is 15.1 Å². The summed E-state index contributed by atoms with van der Waals surface area (Å²) in [5.74, 6) is 1.61. The molecule has 0 spiro atoms. The van der Waals surface area contributed by atoms with Gasteiger partial charge in [-0.2, -0.15) is 0 Å². The molecule has 1 saturated carbocycles. The first kappa shape index (κ1) is 31.9. The molecule has 46 heavy (non-hydrogen) atoms. The molecule has 1 aliphatic heterocycles. The van der Waals surface area contributed by atoms with Gasteiger partial charge in [0.25, 0.3) is 0 Å². The molecule has 1 saturated heterocycles. The molecule has 0 unspecified atom stereocenters. The molecule has 1 amide bonds. The number of carbonyl (C=O) groups is 1. The summed E-state index contributed by atoms with van der Waals surface area (Å²) in [6, 6.07) is 13.2. The number of benzene rings is 1. The summed E-state index contributed by atoms with van der Waals surface area (Å²) >= 11 is 1.58. The fourth-order valence-corrected chi connectivity index (χ4v) is 8.51. The highest BCUT2D eigenvalue weighted by Gasteiger charge is 2.27. The Balaban J connectivity index is 1.21. The SMILES string of the molecule is CC(=O)N1CCN(c2ccc(Nc3nccc(-c4sc(C(C)C)nc4-c4cccc(NS(=O)(=O)C5CCCCC5)c4)n3)cn2)CC1. The van der Waals surface area contributed by atoms with E-state index in [1.165, 1.54) is 0 Å². The number of hydrogen-bond acceptors (Lipinski definition) is 10. The summed E-state index contributed by atoms with van der Waals surface area (Å²) in [7, 11) is -3.47. The first-order valence-electron chi connectivity index (χ1n) is 15.9. The van der Waals surface area contributed by atoms with Crippen molar-refractivity contribution in [1.29, 1.82) is 0 Å². The molecular weight excluding hydrogens is 621 g/mol. The molecular formula is C33H40N8O3S2. The third kappa shape index (κ3) is 7.31. The summed E-state index contributed by atoms with van der Waals surface area (Å²) in [6.45, 7) is 8.69. The van der Waals surface area contributed by atoms with Crippen molar-refractivity contribution in [3.63, 3.8) is 0 Å². The van der Waals surface area contributed by atoms with Gasteiger partial charge in [0.2, 0.25) is 21.9 Å². The van der Waals surface area contributed by atoms with E-state index in [9.17, 15) is 13.2 Å². The quantitative estimate of drug-likeness (QED) is 0.213. The number of nitrogens with one attached hydrogen (secondary N) is 2. The van der Waals surface area contributed by atoms with Crippen LogP contribution >= 0.6 is 11.3 Å².